The van der Waals surface area contributed by atoms with Crippen LogP contribution in [0.3, 0.4) is 0 Å². The lowest BCUT2D eigenvalue weighted by Crippen LogP contribution is -2.49. The highest BCUT2D eigenvalue weighted by atomic mass is 16.6. The van der Waals surface area contributed by atoms with Crippen molar-refractivity contribution in [3.05, 3.63) is 47.2 Å². The molecule has 1 aromatic rings. The fourth-order valence-electron chi connectivity index (χ4n) is 2.72. The van der Waals surface area contributed by atoms with Crippen LogP contribution in [0.25, 0.3) is 0 Å². The van der Waals surface area contributed by atoms with Crippen molar-refractivity contribution in [2.45, 2.75) is 45.8 Å². The fourth-order valence-corrected chi connectivity index (χ4v) is 2.72. The van der Waals surface area contributed by atoms with Crippen LogP contribution in [0.4, 0.5) is 9.59 Å². The van der Waals surface area contributed by atoms with Crippen molar-refractivity contribution in [3.8, 4) is 0 Å². The number of nitrogens with zero attached hydrogens (tertiary/aromatic N) is 1. The van der Waals surface area contributed by atoms with E-state index in [1.165, 1.54) is 4.90 Å². The van der Waals surface area contributed by atoms with E-state index in [-0.39, 0.29) is 25.4 Å². The SMILES string of the molecule is CC(C)(C)OC(=O)N1CC(=C(NC(=O)OCc2ccccc2)C(=O)OCC2CC2)C1. The summed E-state index contributed by atoms with van der Waals surface area (Å²) in [4.78, 5) is 38.4. The Labute approximate surface area is 176 Å². The van der Waals surface area contributed by atoms with E-state index in [0.29, 0.717) is 18.1 Å². The van der Waals surface area contributed by atoms with Gasteiger partial charge in [-0.25, -0.2) is 14.4 Å². The Bertz CT molecular complexity index is 816. The number of rotatable bonds is 6. The molecular formula is C22H28N2O6. The number of carbonyl (C=O) groups excluding carboxylic acids is 3. The molecule has 1 aromatic carbocycles. The van der Waals surface area contributed by atoms with E-state index >= 15 is 0 Å². The summed E-state index contributed by atoms with van der Waals surface area (Å²) in [6.07, 6.45) is 0.861. The Morgan fingerprint density at radius 2 is 1.73 bits per heavy atom. The molecule has 1 aliphatic carbocycles. The topological polar surface area (TPSA) is 94.2 Å². The van der Waals surface area contributed by atoms with Crippen molar-refractivity contribution < 1.29 is 28.6 Å². The first kappa shape index (κ1) is 21.7. The van der Waals surface area contributed by atoms with Crippen LogP contribution in [-0.4, -0.2) is 48.4 Å². The van der Waals surface area contributed by atoms with E-state index in [0.717, 1.165) is 18.4 Å². The van der Waals surface area contributed by atoms with Gasteiger partial charge in [0.15, 0.2) is 0 Å². The number of likely N-dealkylation sites (tertiary alicyclic amines) is 1. The van der Waals surface area contributed by atoms with Gasteiger partial charge in [-0.1, -0.05) is 30.3 Å². The highest BCUT2D eigenvalue weighted by Crippen LogP contribution is 2.29. The molecule has 0 unspecified atom stereocenters. The second-order valence-corrected chi connectivity index (χ2v) is 8.54. The molecule has 2 fully saturated rings. The quantitative estimate of drug-likeness (QED) is 0.434. The normalized spacial score (nSPS) is 15.7. The number of nitrogens with one attached hydrogen (secondary N) is 1. The van der Waals surface area contributed by atoms with Gasteiger partial charge in [0.05, 0.1) is 6.61 Å². The zero-order valence-corrected chi connectivity index (χ0v) is 17.6. The maximum atomic E-state index is 12.5. The van der Waals surface area contributed by atoms with Gasteiger partial charge in [0.1, 0.15) is 17.9 Å². The van der Waals surface area contributed by atoms with E-state index < -0.39 is 23.8 Å². The van der Waals surface area contributed by atoms with Crippen LogP contribution < -0.4 is 5.32 Å². The smallest absolute Gasteiger partial charge is 0.412 e. The summed E-state index contributed by atoms with van der Waals surface area (Å²) >= 11 is 0. The van der Waals surface area contributed by atoms with Gasteiger partial charge in [-0.3, -0.25) is 10.2 Å². The lowest BCUT2D eigenvalue weighted by molar-refractivity contribution is -0.140. The maximum absolute atomic E-state index is 12.5. The minimum Gasteiger partial charge on any atom is -0.461 e. The molecule has 8 nitrogen and oxygen atoms in total. The molecule has 1 saturated heterocycles. The van der Waals surface area contributed by atoms with Gasteiger partial charge in [0.2, 0.25) is 0 Å². The Kier molecular flexibility index (Phi) is 6.64. The van der Waals surface area contributed by atoms with Gasteiger partial charge in [-0.15, -0.1) is 0 Å². The molecule has 0 spiro atoms. The van der Waals surface area contributed by atoms with Crippen LogP contribution in [0.2, 0.25) is 0 Å². The van der Waals surface area contributed by atoms with Crippen molar-refractivity contribution >= 4 is 18.2 Å². The van der Waals surface area contributed by atoms with Crippen LogP contribution in [0.5, 0.6) is 0 Å². The Hall–Kier alpha value is -3.03. The molecule has 1 saturated carbocycles. The summed E-state index contributed by atoms with van der Waals surface area (Å²) < 4.78 is 15.9. The lowest BCUT2D eigenvalue weighted by atomic mass is 10.1. The van der Waals surface area contributed by atoms with Gasteiger partial charge >= 0.3 is 18.2 Å². The van der Waals surface area contributed by atoms with E-state index in [2.05, 4.69) is 5.32 Å². The Morgan fingerprint density at radius 1 is 1.07 bits per heavy atom. The minimum absolute atomic E-state index is 0.0357. The summed E-state index contributed by atoms with van der Waals surface area (Å²) in [5.74, 6) is -0.220. The average molecular weight is 416 g/mol. The third-order valence-electron chi connectivity index (χ3n) is 4.56. The fraction of sp³-hybridized carbons (Fsp3) is 0.500. The largest absolute Gasteiger partial charge is 0.461 e. The minimum atomic E-state index is -0.750. The third kappa shape index (κ3) is 6.50. The summed E-state index contributed by atoms with van der Waals surface area (Å²) in [5.41, 5.74) is 0.854. The monoisotopic (exact) mass is 416 g/mol. The zero-order chi connectivity index (χ0) is 21.7. The molecule has 2 amide bonds. The number of hydrogen-bond donors (Lipinski definition) is 1. The van der Waals surface area contributed by atoms with Gasteiger partial charge in [-0.2, -0.15) is 0 Å². The third-order valence-corrected chi connectivity index (χ3v) is 4.56. The van der Waals surface area contributed by atoms with Crippen molar-refractivity contribution in [3.63, 3.8) is 0 Å². The lowest BCUT2D eigenvalue weighted by Gasteiger charge is -2.36. The van der Waals surface area contributed by atoms with Crippen LogP contribution in [0.1, 0.15) is 39.2 Å². The number of esters is 1. The second kappa shape index (κ2) is 9.19. The van der Waals surface area contributed by atoms with Crippen molar-refractivity contribution in [1.29, 1.82) is 0 Å². The molecule has 1 heterocycles. The second-order valence-electron chi connectivity index (χ2n) is 8.54. The predicted octanol–water partition coefficient (Wildman–Crippen LogP) is 3.37. The summed E-state index contributed by atoms with van der Waals surface area (Å²) in [7, 11) is 0. The van der Waals surface area contributed by atoms with Crippen LogP contribution >= 0.6 is 0 Å². The summed E-state index contributed by atoms with van der Waals surface area (Å²) in [6.45, 7) is 6.12. The molecule has 0 bridgehead atoms. The Balaban J connectivity index is 1.60. The van der Waals surface area contributed by atoms with Gasteiger partial charge in [0.25, 0.3) is 0 Å². The predicted molar refractivity (Wildman–Crippen MR) is 108 cm³/mol. The molecule has 1 aliphatic heterocycles. The zero-order valence-electron chi connectivity index (χ0n) is 17.6. The summed E-state index contributed by atoms with van der Waals surface area (Å²) in [5, 5.41) is 2.51. The first-order valence-electron chi connectivity index (χ1n) is 10.1. The van der Waals surface area contributed by atoms with Gasteiger partial charge in [-0.05, 0) is 50.7 Å². The number of benzene rings is 1. The van der Waals surface area contributed by atoms with Crippen molar-refractivity contribution in [2.75, 3.05) is 19.7 Å². The van der Waals surface area contributed by atoms with Crippen molar-refractivity contribution in [2.24, 2.45) is 5.92 Å². The van der Waals surface area contributed by atoms with Crippen LogP contribution in [0.15, 0.2) is 41.6 Å². The first-order valence-corrected chi connectivity index (χ1v) is 10.1. The number of carbonyl (C=O) groups is 3. The van der Waals surface area contributed by atoms with Crippen LogP contribution in [0, 0.1) is 5.92 Å². The first-order chi connectivity index (χ1) is 14.2. The molecule has 0 aromatic heterocycles. The molecule has 2 aliphatic rings. The molecule has 162 valence electrons. The molecule has 0 atom stereocenters. The maximum Gasteiger partial charge on any atom is 0.412 e. The van der Waals surface area contributed by atoms with E-state index in [4.69, 9.17) is 14.2 Å². The standard InChI is InChI=1S/C22H28N2O6/c1-22(2,3)30-21(27)24-11-17(12-24)18(19(25)28-13-16-9-10-16)23-20(26)29-14-15-7-5-4-6-8-15/h4-8,16H,9-14H2,1-3H3,(H,23,26). The molecule has 30 heavy (non-hydrogen) atoms. The van der Waals surface area contributed by atoms with Gasteiger partial charge in [0, 0.05) is 13.1 Å². The van der Waals surface area contributed by atoms with Crippen molar-refractivity contribution in [1.82, 2.24) is 10.2 Å². The number of hydrogen-bond acceptors (Lipinski definition) is 6. The molecule has 0 radical (unpaired) electrons. The number of ether oxygens (including phenoxy) is 3. The van der Waals surface area contributed by atoms with Gasteiger partial charge < -0.3 is 14.2 Å². The summed E-state index contributed by atoms with van der Waals surface area (Å²) in [6, 6.07) is 9.23. The van der Waals surface area contributed by atoms with E-state index in [1.54, 1.807) is 20.8 Å². The van der Waals surface area contributed by atoms with E-state index in [9.17, 15) is 14.4 Å². The average Bonchev–Trinajstić information content (AvgIpc) is 3.46. The molecule has 3 rings (SSSR count). The molecule has 1 N–H and O–H groups in total. The molecular weight excluding hydrogens is 388 g/mol. The van der Waals surface area contributed by atoms with E-state index in [1.807, 2.05) is 30.3 Å². The van der Waals surface area contributed by atoms with Crippen LogP contribution in [-0.2, 0) is 25.6 Å². The highest BCUT2D eigenvalue weighted by molar-refractivity contribution is 5.94. The molecule has 8 heteroatoms. The number of amides is 2. The highest BCUT2D eigenvalue weighted by Gasteiger charge is 2.35. The number of alkyl carbamates (subject to hydrolysis) is 1. The Morgan fingerprint density at radius 3 is 2.33 bits per heavy atom.